The molecule has 0 spiro atoms. The molecular weight excluding hydrogens is 435 g/mol. The molecule has 2 heterocycles. The lowest BCUT2D eigenvalue weighted by atomic mass is 10.2. The standard InChI is InChI=1S/C22H20F3N7O/c1-3-18-28-17(26)12-19(29-18)33-16-9-4-6-13(10-16)20-30-21(31-32(20)2)27-15-8-5-7-14(11-15)22(23,24)25/h4-12H,3H2,1-2H3,(H3,26,27,28,29,31)/p+1. The highest BCUT2D eigenvalue weighted by Crippen LogP contribution is 2.31. The number of aromatic amines is 1. The monoisotopic (exact) mass is 456 g/mol. The fourth-order valence-corrected chi connectivity index (χ4v) is 3.16. The van der Waals surface area contributed by atoms with E-state index < -0.39 is 11.7 Å². The molecule has 33 heavy (non-hydrogen) atoms. The van der Waals surface area contributed by atoms with Gasteiger partial charge in [0.2, 0.25) is 5.88 Å². The van der Waals surface area contributed by atoms with Crippen LogP contribution in [0.1, 0.15) is 18.3 Å². The van der Waals surface area contributed by atoms with Crippen LogP contribution in [0.15, 0.2) is 54.6 Å². The number of anilines is 3. The van der Waals surface area contributed by atoms with E-state index in [1.54, 1.807) is 29.9 Å². The highest BCUT2D eigenvalue weighted by atomic mass is 19.4. The molecule has 4 N–H and O–H groups in total. The molecule has 0 aliphatic carbocycles. The number of rotatable bonds is 6. The third-order valence-corrected chi connectivity index (χ3v) is 4.66. The molecule has 11 heteroatoms. The molecule has 170 valence electrons. The van der Waals surface area contributed by atoms with Crippen LogP contribution < -0.4 is 20.5 Å². The van der Waals surface area contributed by atoms with Crippen molar-refractivity contribution in [1.82, 2.24) is 20.1 Å². The average molecular weight is 456 g/mol. The molecule has 0 aliphatic heterocycles. The summed E-state index contributed by atoms with van der Waals surface area (Å²) in [5, 5.41) is 5.85. The van der Waals surface area contributed by atoms with E-state index in [4.69, 9.17) is 10.5 Å². The van der Waals surface area contributed by atoms with Crippen LogP contribution in [-0.2, 0) is 19.6 Å². The van der Waals surface area contributed by atoms with Crippen molar-refractivity contribution in [2.24, 2.45) is 7.05 Å². The topological polar surface area (TPSA) is 106 Å². The van der Waals surface area contributed by atoms with Crippen LogP contribution in [0, 0.1) is 0 Å². The molecule has 0 unspecified atom stereocenters. The Hall–Kier alpha value is -4.15. The number of aryl methyl sites for hydroxylation is 2. The zero-order valence-electron chi connectivity index (χ0n) is 17.8. The highest BCUT2D eigenvalue weighted by molar-refractivity contribution is 5.59. The summed E-state index contributed by atoms with van der Waals surface area (Å²) in [7, 11) is 1.74. The second-order valence-electron chi connectivity index (χ2n) is 7.19. The first-order chi connectivity index (χ1) is 15.7. The number of benzene rings is 2. The van der Waals surface area contributed by atoms with E-state index in [0.29, 0.717) is 35.5 Å². The van der Waals surface area contributed by atoms with Gasteiger partial charge in [0.05, 0.1) is 11.1 Å². The number of alkyl halides is 3. The predicted octanol–water partition coefficient (Wildman–Crippen LogP) is 4.39. The van der Waals surface area contributed by atoms with Gasteiger partial charge in [0.1, 0.15) is 24.4 Å². The number of nitrogens with one attached hydrogen (secondary N) is 2. The van der Waals surface area contributed by atoms with Crippen LogP contribution in [0.25, 0.3) is 11.4 Å². The smallest absolute Gasteiger partial charge is 0.416 e. The quantitative estimate of drug-likeness (QED) is 0.372. The fourth-order valence-electron chi connectivity index (χ4n) is 3.16. The number of nitrogens with two attached hydrogens (primary N) is 1. The molecule has 0 atom stereocenters. The lowest BCUT2D eigenvalue weighted by molar-refractivity contribution is -0.716. The van der Waals surface area contributed by atoms with Crippen LogP contribution in [0.3, 0.4) is 0 Å². The minimum Gasteiger partial charge on any atom is -0.439 e. The third kappa shape index (κ3) is 5.20. The number of ether oxygens (including phenoxy) is 1. The fraction of sp³-hybridized carbons (Fsp3) is 0.182. The van der Waals surface area contributed by atoms with E-state index in [9.17, 15) is 13.2 Å². The minimum absolute atomic E-state index is 0.260. The molecule has 2 aromatic heterocycles. The van der Waals surface area contributed by atoms with Gasteiger partial charge in [-0.3, -0.25) is 0 Å². The maximum Gasteiger partial charge on any atom is 0.416 e. The molecule has 2 aromatic carbocycles. The molecule has 0 amide bonds. The second-order valence-corrected chi connectivity index (χ2v) is 7.19. The van der Waals surface area contributed by atoms with Crippen LogP contribution >= 0.6 is 0 Å². The van der Waals surface area contributed by atoms with Crippen molar-refractivity contribution in [3.8, 4) is 23.0 Å². The molecule has 0 saturated carbocycles. The van der Waals surface area contributed by atoms with Crippen LogP contribution in [0.2, 0.25) is 0 Å². The van der Waals surface area contributed by atoms with Crippen molar-refractivity contribution in [3.63, 3.8) is 0 Å². The Kier molecular flexibility index (Phi) is 5.86. The molecule has 0 saturated heterocycles. The number of H-pyrrole nitrogens is 1. The Morgan fingerprint density at radius 1 is 1.06 bits per heavy atom. The van der Waals surface area contributed by atoms with E-state index in [1.165, 1.54) is 18.2 Å². The highest BCUT2D eigenvalue weighted by Gasteiger charge is 2.30. The number of hydrogen-bond donors (Lipinski definition) is 3. The predicted molar refractivity (Wildman–Crippen MR) is 116 cm³/mol. The maximum atomic E-state index is 13.0. The molecule has 4 aromatic rings. The molecule has 0 fully saturated rings. The minimum atomic E-state index is -4.43. The summed E-state index contributed by atoms with van der Waals surface area (Å²) in [4.78, 5) is 12.9. The van der Waals surface area contributed by atoms with Gasteiger partial charge < -0.3 is 15.8 Å². The number of hydrogen-bond acceptors (Lipinski definition) is 6. The van der Waals surface area contributed by atoms with E-state index in [1.807, 2.05) is 13.0 Å². The van der Waals surface area contributed by atoms with E-state index in [2.05, 4.69) is 25.4 Å². The van der Waals surface area contributed by atoms with Crippen LogP contribution in [-0.4, -0.2) is 20.1 Å². The average Bonchev–Trinajstić information content (AvgIpc) is 3.13. The van der Waals surface area contributed by atoms with Crippen molar-refractivity contribution < 1.29 is 22.6 Å². The maximum absolute atomic E-state index is 13.0. The van der Waals surface area contributed by atoms with Gasteiger partial charge in [0.25, 0.3) is 0 Å². The van der Waals surface area contributed by atoms with Gasteiger partial charge in [-0.15, -0.1) is 0 Å². The van der Waals surface area contributed by atoms with Gasteiger partial charge in [-0.25, -0.2) is 4.98 Å². The summed E-state index contributed by atoms with van der Waals surface area (Å²) in [5.41, 5.74) is 6.05. The van der Waals surface area contributed by atoms with E-state index in [-0.39, 0.29) is 11.6 Å². The van der Waals surface area contributed by atoms with Crippen molar-refractivity contribution in [2.45, 2.75) is 19.5 Å². The normalized spacial score (nSPS) is 11.4. The molecule has 8 nitrogen and oxygen atoms in total. The Bertz CT molecular complexity index is 1290. The zero-order valence-corrected chi connectivity index (χ0v) is 17.8. The van der Waals surface area contributed by atoms with E-state index >= 15 is 0 Å². The summed E-state index contributed by atoms with van der Waals surface area (Å²) in [5.74, 6) is 2.57. The van der Waals surface area contributed by atoms with Crippen LogP contribution in [0.4, 0.5) is 30.6 Å². The zero-order chi connectivity index (χ0) is 23.6. The lowest BCUT2D eigenvalue weighted by Crippen LogP contribution is -2.32. The SMILES string of the molecule is CCc1nc(N)cc(Oc2cccc(-c3nc(Nc4cccc(C(F)(F)F)c4)[nH][n+]3C)c2)n1. The number of nitrogen functional groups attached to an aromatic ring is 1. The Balaban J connectivity index is 1.57. The molecule has 0 radical (unpaired) electrons. The lowest BCUT2D eigenvalue weighted by Gasteiger charge is -2.07. The van der Waals surface area contributed by atoms with Crippen LogP contribution in [0.5, 0.6) is 11.6 Å². The van der Waals surface area contributed by atoms with Crippen molar-refractivity contribution in [2.75, 3.05) is 11.1 Å². The largest absolute Gasteiger partial charge is 0.439 e. The molecule has 4 rings (SSSR count). The second kappa shape index (κ2) is 8.77. The van der Waals surface area contributed by atoms with Crippen molar-refractivity contribution in [1.29, 1.82) is 0 Å². The summed E-state index contributed by atoms with van der Waals surface area (Å²) in [6.07, 6.45) is -3.81. The summed E-state index contributed by atoms with van der Waals surface area (Å²) >= 11 is 0. The Morgan fingerprint density at radius 2 is 1.85 bits per heavy atom. The number of nitrogens with zero attached hydrogens (tertiary/aromatic N) is 4. The Morgan fingerprint density at radius 3 is 2.61 bits per heavy atom. The molecular formula is C22H21F3N7O+. The number of halogens is 3. The van der Waals surface area contributed by atoms with Gasteiger partial charge in [-0.05, 0) is 36.4 Å². The van der Waals surface area contributed by atoms with Gasteiger partial charge in [0, 0.05) is 23.2 Å². The van der Waals surface area contributed by atoms with E-state index in [0.717, 1.165) is 17.7 Å². The first-order valence-corrected chi connectivity index (χ1v) is 10.0. The number of aromatic nitrogens is 5. The molecule has 0 aliphatic rings. The third-order valence-electron chi connectivity index (χ3n) is 4.66. The van der Waals surface area contributed by atoms with Gasteiger partial charge in [0.15, 0.2) is 0 Å². The van der Waals surface area contributed by atoms with Crippen molar-refractivity contribution >= 4 is 17.5 Å². The van der Waals surface area contributed by atoms with Gasteiger partial charge in [-0.2, -0.15) is 27.9 Å². The van der Waals surface area contributed by atoms with Gasteiger partial charge >= 0.3 is 17.9 Å². The van der Waals surface area contributed by atoms with Crippen molar-refractivity contribution in [3.05, 3.63) is 66.0 Å². The first kappa shape index (κ1) is 22.1. The summed E-state index contributed by atoms with van der Waals surface area (Å²) in [6.45, 7) is 1.92. The first-order valence-electron chi connectivity index (χ1n) is 10.0. The summed E-state index contributed by atoms with van der Waals surface area (Å²) < 4.78 is 46.4. The Labute approximate surface area is 187 Å². The molecule has 0 bridgehead atoms. The summed E-state index contributed by atoms with van der Waals surface area (Å²) in [6, 6.07) is 13.6. The van der Waals surface area contributed by atoms with Gasteiger partial charge in [-0.1, -0.05) is 19.1 Å².